The molecule has 1 aliphatic rings. The molecule has 2 N–H and O–H groups in total. The van der Waals surface area contributed by atoms with Gasteiger partial charge in [-0.05, 0) is 19.3 Å². The lowest BCUT2D eigenvalue weighted by Gasteiger charge is -2.38. The van der Waals surface area contributed by atoms with Crippen molar-refractivity contribution in [3.8, 4) is 0 Å². The molecule has 0 unspecified atom stereocenters. The van der Waals surface area contributed by atoms with Gasteiger partial charge in [-0.3, -0.25) is 20.2 Å². The van der Waals surface area contributed by atoms with Crippen molar-refractivity contribution in [3.63, 3.8) is 0 Å². The van der Waals surface area contributed by atoms with Gasteiger partial charge in [0.15, 0.2) is 0 Å². The monoisotopic (exact) mass is 250 g/mol. The number of aliphatic carboxylic acids is 1. The van der Waals surface area contributed by atoms with Gasteiger partial charge in [0.25, 0.3) is 5.69 Å². The summed E-state index contributed by atoms with van der Waals surface area (Å²) in [6.45, 7) is 0.198. The van der Waals surface area contributed by atoms with E-state index >= 15 is 0 Å². The number of nitrogens with one attached hydrogen (secondary N) is 1. The van der Waals surface area contributed by atoms with Crippen LogP contribution in [0.3, 0.4) is 0 Å². The van der Waals surface area contributed by atoms with Crippen LogP contribution in [-0.2, 0) is 11.3 Å². The molecule has 0 atom stereocenters. The van der Waals surface area contributed by atoms with Crippen molar-refractivity contribution in [1.29, 1.82) is 0 Å². The van der Waals surface area contributed by atoms with Gasteiger partial charge in [0, 0.05) is 18.2 Å². The van der Waals surface area contributed by atoms with Gasteiger partial charge in [-0.15, -0.1) is 0 Å². The van der Waals surface area contributed by atoms with E-state index in [0.29, 0.717) is 18.4 Å². The zero-order chi connectivity index (χ0) is 13.2. The van der Waals surface area contributed by atoms with Crippen LogP contribution in [0.15, 0.2) is 24.3 Å². The van der Waals surface area contributed by atoms with Crippen molar-refractivity contribution in [1.82, 2.24) is 5.32 Å². The first kappa shape index (κ1) is 12.5. The number of nitro benzene ring substituents is 1. The third-order valence-electron chi connectivity index (χ3n) is 3.42. The van der Waals surface area contributed by atoms with Gasteiger partial charge in [-0.25, -0.2) is 0 Å². The van der Waals surface area contributed by atoms with Gasteiger partial charge in [0.2, 0.25) is 0 Å². The van der Waals surface area contributed by atoms with Gasteiger partial charge in [-0.1, -0.05) is 18.2 Å². The summed E-state index contributed by atoms with van der Waals surface area (Å²) in [6, 6.07) is 6.36. The van der Waals surface area contributed by atoms with E-state index in [9.17, 15) is 14.9 Å². The number of carboxylic acids is 1. The quantitative estimate of drug-likeness (QED) is 0.612. The first-order chi connectivity index (χ1) is 8.55. The van der Waals surface area contributed by atoms with Crippen LogP contribution in [-0.4, -0.2) is 21.5 Å². The molecule has 1 saturated carbocycles. The highest BCUT2D eigenvalue weighted by Gasteiger charge is 2.44. The van der Waals surface area contributed by atoms with Gasteiger partial charge in [0.1, 0.15) is 5.54 Å². The lowest BCUT2D eigenvalue weighted by atomic mass is 9.76. The average molecular weight is 250 g/mol. The minimum Gasteiger partial charge on any atom is -0.480 e. The van der Waals surface area contributed by atoms with Crippen LogP contribution in [0.5, 0.6) is 0 Å². The second kappa shape index (κ2) is 4.73. The Hall–Kier alpha value is -1.95. The van der Waals surface area contributed by atoms with Crippen molar-refractivity contribution >= 4 is 11.7 Å². The van der Waals surface area contributed by atoms with Gasteiger partial charge < -0.3 is 5.11 Å². The number of hydrogen-bond acceptors (Lipinski definition) is 4. The zero-order valence-corrected chi connectivity index (χ0v) is 9.76. The lowest BCUT2D eigenvalue weighted by molar-refractivity contribution is -0.385. The summed E-state index contributed by atoms with van der Waals surface area (Å²) >= 11 is 0. The fourth-order valence-corrected chi connectivity index (χ4v) is 2.10. The molecule has 1 fully saturated rings. The Labute approximate surface area is 104 Å². The smallest absolute Gasteiger partial charge is 0.323 e. The molecule has 1 aromatic carbocycles. The van der Waals surface area contributed by atoms with Crippen LogP contribution in [0.2, 0.25) is 0 Å². The molecule has 6 heteroatoms. The molecule has 0 aromatic heterocycles. The number of para-hydroxylation sites is 1. The largest absolute Gasteiger partial charge is 0.480 e. The van der Waals surface area contributed by atoms with Crippen molar-refractivity contribution in [2.75, 3.05) is 0 Å². The summed E-state index contributed by atoms with van der Waals surface area (Å²) in [6.07, 6.45) is 2.02. The van der Waals surface area contributed by atoms with E-state index < -0.39 is 16.4 Å². The third-order valence-corrected chi connectivity index (χ3v) is 3.42. The number of benzene rings is 1. The molecule has 0 radical (unpaired) electrons. The first-order valence-electron chi connectivity index (χ1n) is 5.76. The standard InChI is InChI=1S/C12H14N2O4/c15-11(16)12(6-3-7-12)13-8-9-4-1-2-5-10(9)14(17)18/h1-2,4-5,13H,3,6-8H2,(H,15,16). The van der Waals surface area contributed by atoms with Crippen LogP contribution in [0.4, 0.5) is 5.69 Å². The maximum absolute atomic E-state index is 11.1. The molecule has 0 aliphatic heterocycles. The fraction of sp³-hybridized carbons (Fsp3) is 0.417. The number of carboxylic acid groups (broad SMARTS) is 1. The number of rotatable bonds is 5. The molecule has 1 aromatic rings. The SMILES string of the molecule is O=C(O)C1(NCc2ccccc2[N+](=O)[O-])CCC1. The highest BCUT2D eigenvalue weighted by atomic mass is 16.6. The normalized spacial score (nSPS) is 16.9. The maximum atomic E-state index is 11.1. The van der Waals surface area contributed by atoms with E-state index in [1.165, 1.54) is 6.07 Å². The Morgan fingerprint density at radius 1 is 1.44 bits per heavy atom. The summed E-state index contributed by atoms with van der Waals surface area (Å²) < 4.78 is 0. The van der Waals surface area contributed by atoms with E-state index in [2.05, 4.69) is 5.32 Å². The van der Waals surface area contributed by atoms with Crippen molar-refractivity contribution in [2.45, 2.75) is 31.3 Å². The highest BCUT2D eigenvalue weighted by Crippen LogP contribution is 2.32. The van der Waals surface area contributed by atoms with E-state index in [-0.39, 0.29) is 12.2 Å². The Kier molecular flexibility index (Phi) is 3.29. The van der Waals surface area contributed by atoms with Gasteiger partial charge >= 0.3 is 5.97 Å². The predicted molar refractivity (Wildman–Crippen MR) is 64.2 cm³/mol. The number of nitrogens with zero attached hydrogens (tertiary/aromatic N) is 1. The molecular formula is C12H14N2O4. The van der Waals surface area contributed by atoms with E-state index in [4.69, 9.17) is 5.11 Å². The summed E-state index contributed by atoms with van der Waals surface area (Å²) in [5.74, 6) is -0.882. The number of hydrogen-bond donors (Lipinski definition) is 2. The molecule has 0 heterocycles. The summed E-state index contributed by atoms with van der Waals surface area (Å²) in [5.41, 5.74) is -0.371. The van der Waals surface area contributed by atoms with Crippen molar-refractivity contribution in [2.24, 2.45) is 0 Å². The zero-order valence-electron chi connectivity index (χ0n) is 9.76. The highest BCUT2D eigenvalue weighted by molar-refractivity contribution is 5.80. The number of nitro groups is 1. The minimum atomic E-state index is -0.899. The summed E-state index contributed by atoms with van der Waals surface area (Å²) in [7, 11) is 0. The Morgan fingerprint density at radius 3 is 2.61 bits per heavy atom. The number of carbonyl (C=O) groups is 1. The first-order valence-corrected chi connectivity index (χ1v) is 5.76. The fourth-order valence-electron chi connectivity index (χ4n) is 2.10. The molecule has 2 rings (SSSR count). The van der Waals surface area contributed by atoms with Crippen LogP contribution in [0.1, 0.15) is 24.8 Å². The van der Waals surface area contributed by atoms with Crippen LogP contribution in [0.25, 0.3) is 0 Å². The van der Waals surface area contributed by atoms with Crippen LogP contribution >= 0.6 is 0 Å². The van der Waals surface area contributed by atoms with Crippen molar-refractivity contribution < 1.29 is 14.8 Å². The molecule has 0 spiro atoms. The van der Waals surface area contributed by atoms with Crippen LogP contribution < -0.4 is 5.32 Å². The van der Waals surface area contributed by atoms with Gasteiger partial charge in [0.05, 0.1) is 4.92 Å². The topological polar surface area (TPSA) is 92.5 Å². The van der Waals surface area contributed by atoms with Gasteiger partial charge in [-0.2, -0.15) is 0 Å². The molecular weight excluding hydrogens is 236 g/mol. The molecule has 6 nitrogen and oxygen atoms in total. The van der Waals surface area contributed by atoms with E-state index in [0.717, 1.165) is 6.42 Å². The molecule has 18 heavy (non-hydrogen) atoms. The second-order valence-electron chi connectivity index (χ2n) is 4.48. The lowest BCUT2D eigenvalue weighted by Crippen LogP contribution is -2.56. The third kappa shape index (κ3) is 2.19. The molecule has 96 valence electrons. The molecule has 1 aliphatic carbocycles. The minimum absolute atomic E-state index is 0.0184. The van der Waals surface area contributed by atoms with E-state index in [1.54, 1.807) is 18.2 Å². The summed E-state index contributed by atoms with van der Waals surface area (Å²) in [5, 5.41) is 22.9. The van der Waals surface area contributed by atoms with E-state index in [1.807, 2.05) is 0 Å². The second-order valence-corrected chi connectivity index (χ2v) is 4.48. The Bertz CT molecular complexity index is 483. The predicted octanol–water partition coefficient (Wildman–Crippen LogP) is 1.69. The Morgan fingerprint density at radius 2 is 2.11 bits per heavy atom. The Balaban J connectivity index is 2.11. The maximum Gasteiger partial charge on any atom is 0.323 e. The molecule has 0 saturated heterocycles. The van der Waals surface area contributed by atoms with Crippen LogP contribution in [0, 0.1) is 10.1 Å². The summed E-state index contributed by atoms with van der Waals surface area (Å²) in [4.78, 5) is 21.5. The molecule has 0 amide bonds. The van der Waals surface area contributed by atoms with Crippen molar-refractivity contribution in [3.05, 3.63) is 39.9 Å². The average Bonchev–Trinajstić information content (AvgIpc) is 2.27. The molecule has 0 bridgehead atoms.